The molecule has 7 heteroatoms. The van der Waals surface area contributed by atoms with Crippen molar-refractivity contribution >= 4 is 17.8 Å². The van der Waals surface area contributed by atoms with Gasteiger partial charge in [-0.25, -0.2) is 5.10 Å². The minimum absolute atomic E-state index is 0.142. The Morgan fingerprint density at radius 3 is 2.63 bits per heavy atom. The zero-order chi connectivity index (χ0) is 13.5. The van der Waals surface area contributed by atoms with Gasteiger partial charge < -0.3 is 5.32 Å². The molecule has 2 amide bonds. The van der Waals surface area contributed by atoms with Gasteiger partial charge in [0.15, 0.2) is 0 Å². The van der Waals surface area contributed by atoms with E-state index >= 15 is 0 Å². The SMILES string of the molecule is O=C(NCCc1ccccc1)C(=O)Nc1ncn[nH]1. The number of hydrogen-bond donors (Lipinski definition) is 3. The Bertz CT molecular complexity index is 539. The zero-order valence-corrected chi connectivity index (χ0v) is 10.1. The van der Waals surface area contributed by atoms with E-state index in [1.54, 1.807) is 0 Å². The van der Waals surface area contributed by atoms with Crippen LogP contribution in [0.25, 0.3) is 0 Å². The minimum Gasteiger partial charge on any atom is -0.347 e. The molecule has 19 heavy (non-hydrogen) atoms. The van der Waals surface area contributed by atoms with E-state index in [0.717, 1.165) is 5.56 Å². The van der Waals surface area contributed by atoms with Gasteiger partial charge in [0.2, 0.25) is 5.95 Å². The Labute approximate surface area is 109 Å². The molecule has 0 atom stereocenters. The van der Waals surface area contributed by atoms with Crippen molar-refractivity contribution in [2.45, 2.75) is 6.42 Å². The third-order valence-corrected chi connectivity index (χ3v) is 2.40. The number of nitrogens with one attached hydrogen (secondary N) is 3. The molecular weight excluding hydrogens is 246 g/mol. The second kappa shape index (κ2) is 6.29. The summed E-state index contributed by atoms with van der Waals surface area (Å²) < 4.78 is 0. The number of aromatic nitrogens is 3. The van der Waals surface area contributed by atoms with Crippen LogP contribution in [-0.4, -0.2) is 33.5 Å². The third kappa shape index (κ3) is 3.91. The number of carbonyl (C=O) groups excluding carboxylic acids is 2. The monoisotopic (exact) mass is 259 g/mol. The normalized spacial score (nSPS) is 9.89. The summed E-state index contributed by atoms with van der Waals surface area (Å²) in [6.07, 6.45) is 1.91. The molecule has 0 spiro atoms. The van der Waals surface area contributed by atoms with Gasteiger partial charge in [-0.3, -0.25) is 14.9 Å². The fraction of sp³-hybridized carbons (Fsp3) is 0.167. The number of aromatic amines is 1. The second-order valence-corrected chi connectivity index (χ2v) is 3.78. The van der Waals surface area contributed by atoms with Crippen LogP contribution in [0.5, 0.6) is 0 Å². The molecule has 0 unspecified atom stereocenters. The number of amides is 2. The van der Waals surface area contributed by atoms with Gasteiger partial charge in [-0.1, -0.05) is 30.3 Å². The van der Waals surface area contributed by atoms with Crippen LogP contribution in [0.2, 0.25) is 0 Å². The summed E-state index contributed by atoms with van der Waals surface area (Å²) >= 11 is 0. The number of carbonyl (C=O) groups is 2. The number of hydrogen-bond acceptors (Lipinski definition) is 4. The van der Waals surface area contributed by atoms with Crippen LogP contribution in [-0.2, 0) is 16.0 Å². The van der Waals surface area contributed by atoms with Crippen molar-refractivity contribution in [1.29, 1.82) is 0 Å². The molecule has 1 heterocycles. The van der Waals surface area contributed by atoms with Crippen molar-refractivity contribution < 1.29 is 9.59 Å². The molecule has 0 saturated heterocycles. The fourth-order valence-corrected chi connectivity index (χ4v) is 1.48. The third-order valence-electron chi connectivity index (χ3n) is 2.40. The average molecular weight is 259 g/mol. The van der Waals surface area contributed by atoms with Gasteiger partial charge in [-0.2, -0.15) is 10.1 Å². The molecule has 0 aliphatic heterocycles. The van der Waals surface area contributed by atoms with E-state index in [9.17, 15) is 9.59 Å². The largest absolute Gasteiger partial charge is 0.347 e. The number of H-pyrrole nitrogens is 1. The number of rotatable bonds is 4. The Morgan fingerprint density at radius 1 is 1.16 bits per heavy atom. The van der Waals surface area contributed by atoms with Crippen LogP contribution >= 0.6 is 0 Å². The summed E-state index contributed by atoms with van der Waals surface area (Å²) in [6, 6.07) is 9.69. The Morgan fingerprint density at radius 2 is 1.95 bits per heavy atom. The van der Waals surface area contributed by atoms with Crippen LogP contribution in [0.1, 0.15) is 5.56 Å². The second-order valence-electron chi connectivity index (χ2n) is 3.78. The molecule has 0 saturated carbocycles. The smallest absolute Gasteiger partial charge is 0.316 e. The van der Waals surface area contributed by atoms with E-state index in [1.165, 1.54) is 6.33 Å². The molecule has 3 N–H and O–H groups in total. The van der Waals surface area contributed by atoms with Crippen LogP contribution in [0, 0.1) is 0 Å². The van der Waals surface area contributed by atoms with Gasteiger partial charge >= 0.3 is 11.8 Å². The van der Waals surface area contributed by atoms with E-state index < -0.39 is 11.8 Å². The molecule has 2 aromatic rings. The molecule has 0 radical (unpaired) electrons. The summed E-state index contributed by atoms with van der Waals surface area (Å²) in [5, 5.41) is 10.8. The van der Waals surface area contributed by atoms with Gasteiger partial charge in [0, 0.05) is 6.54 Å². The summed E-state index contributed by atoms with van der Waals surface area (Å²) in [4.78, 5) is 26.6. The number of benzene rings is 1. The highest BCUT2D eigenvalue weighted by atomic mass is 16.2. The van der Waals surface area contributed by atoms with Crippen LogP contribution in [0.4, 0.5) is 5.95 Å². The zero-order valence-electron chi connectivity index (χ0n) is 10.1. The average Bonchev–Trinajstić information content (AvgIpc) is 2.92. The number of anilines is 1. The van der Waals surface area contributed by atoms with Crippen LogP contribution < -0.4 is 10.6 Å². The molecule has 0 aliphatic rings. The molecule has 0 bridgehead atoms. The number of nitrogens with zero attached hydrogens (tertiary/aromatic N) is 2. The molecule has 98 valence electrons. The highest BCUT2D eigenvalue weighted by Crippen LogP contribution is 1.98. The maximum absolute atomic E-state index is 11.5. The van der Waals surface area contributed by atoms with Gasteiger partial charge in [-0.15, -0.1) is 0 Å². The molecule has 0 fully saturated rings. The van der Waals surface area contributed by atoms with Crippen molar-refractivity contribution in [3.8, 4) is 0 Å². The maximum Gasteiger partial charge on any atom is 0.316 e. The van der Waals surface area contributed by atoms with Gasteiger partial charge in [0.25, 0.3) is 0 Å². The summed E-state index contributed by atoms with van der Waals surface area (Å²) in [6.45, 7) is 0.396. The first-order chi connectivity index (χ1) is 9.25. The van der Waals surface area contributed by atoms with Crippen LogP contribution in [0.15, 0.2) is 36.7 Å². The molecule has 7 nitrogen and oxygen atoms in total. The van der Waals surface area contributed by atoms with Crippen molar-refractivity contribution in [2.24, 2.45) is 0 Å². The Hall–Kier alpha value is -2.70. The quantitative estimate of drug-likeness (QED) is 0.678. The molecular formula is C12H13N5O2. The molecule has 1 aromatic heterocycles. The lowest BCUT2D eigenvalue weighted by atomic mass is 10.1. The predicted octanol–water partition coefficient (Wildman–Crippen LogP) is 0.102. The van der Waals surface area contributed by atoms with E-state index in [4.69, 9.17) is 0 Å². The first-order valence-electron chi connectivity index (χ1n) is 5.74. The summed E-state index contributed by atoms with van der Waals surface area (Å²) in [7, 11) is 0. The maximum atomic E-state index is 11.5. The van der Waals surface area contributed by atoms with E-state index in [0.29, 0.717) is 13.0 Å². The lowest BCUT2D eigenvalue weighted by Gasteiger charge is -2.04. The first-order valence-corrected chi connectivity index (χ1v) is 5.74. The van der Waals surface area contributed by atoms with E-state index in [1.807, 2.05) is 30.3 Å². The lowest BCUT2D eigenvalue weighted by molar-refractivity contribution is -0.136. The van der Waals surface area contributed by atoms with Crippen molar-refractivity contribution in [3.05, 3.63) is 42.2 Å². The van der Waals surface area contributed by atoms with Crippen LogP contribution in [0.3, 0.4) is 0 Å². The van der Waals surface area contributed by atoms with Crippen molar-refractivity contribution in [3.63, 3.8) is 0 Å². The van der Waals surface area contributed by atoms with Crippen molar-refractivity contribution in [2.75, 3.05) is 11.9 Å². The minimum atomic E-state index is -0.773. The highest BCUT2D eigenvalue weighted by Gasteiger charge is 2.13. The molecule has 2 rings (SSSR count). The summed E-state index contributed by atoms with van der Waals surface area (Å²) in [5.74, 6) is -1.33. The predicted molar refractivity (Wildman–Crippen MR) is 68.2 cm³/mol. The van der Waals surface area contributed by atoms with Gasteiger partial charge in [0.05, 0.1) is 0 Å². The van der Waals surface area contributed by atoms with E-state index in [2.05, 4.69) is 25.8 Å². The first kappa shape index (κ1) is 12.7. The fourth-order valence-electron chi connectivity index (χ4n) is 1.48. The highest BCUT2D eigenvalue weighted by molar-refractivity contribution is 6.39. The molecule has 1 aromatic carbocycles. The van der Waals surface area contributed by atoms with Crippen molar-refractivity contribution in [1.82, 2.24) is 20.5 Å². The van der Waals surface area contributed by atoms with Gasteiger partial charge in [0.1, 0.15) is 6.33 Å². The molecule has 0 aliphatic carbocycles. The standard InChI is InChI=1S/C12H13N5O2/c18-10(11(19)16-12-14-8-15-17-12)13-7-6-9-4-2-1-3-5-9/h1-5,8H,6-7H2,(H,13,18)(H2,14,15,16,17,19). The van der Waals surface area contributed by atoms with Gasteiger partial charge in [-0.05, 0) is 12.0 Å². The summed E-state index contributed by atoms with van der Waals surface area (Å²) in [5.41, 5.74) is 1.10. The Kier molecular flexibility index (Phi) is 4.22. The Balaban J connectivity index is 1.74. The van der Waals surface area contributed by atoms with E-state index in [-0.39, 0.29) is 5.95 Å². The lowest BCUT2D eigenvalue weighted by Crippen LogP contribution is -2.36. The topological polar surface area (TPSA) is 99.8 Å².